The number of rotatable bonds is 4. The summed E-state index contributed by atoms with van der Waals surface area (Å²) in [6, 6.07) is 16.4. The van der Waals surface area contributed by atoms with Gasteiger partial charge in [-0.3, -0.25) is 14.8 Å². The summed E-state index contributed by atoms with van der Waals surface area (Å²) in [4.78, 5) is 14.4. The van der Waals surface area contributed by atoms with E-state index in [1.165, 1.54) is 16.7 Å². The van der Waals surface area contributed by atoms with Gasteiger partial charge in [0.25, 0.3) is 0 Å². The molecule has 0 atom stereocenters. The van der Waals surface area contributed by atoms with Crippen molar-refractivity contribution in [2.75, 3.05) is 38.2 Å². The van der Waals surface area contributed by atoms with Crippen molar-refractivity contribution in [3.63, 3.8) is 0 Å². The Morgan fingerprint density at radius 2 is 1.89 bits per heavy atom. The molecule has 1 aliphatic heterocycles. The van der Waals surface area contributed by atoms with E-state index in [0.29, 0.717) is 19.8 Å². The quantitative estimate of drug-likeness (QED) is 0.576. The highest BCUT2D eigenvalue weighted by molar-refractivity contribution is 5.92. The number of aromatic amines is 1. The fraction of sp³-hybridized carbons (Fsp3) is 0.273. The predicted octanol–water partition coefficient (Wildman–Crippen LogP) is 2.92. The number of carbonyl (C=O) groups excluding carboxylic acids is 1. The lowest BCUT2D eigenvalue weighted by Gasteiger charge is -2.25. The Bertz CT molecular complexity index is 1000. The molecule has 2 aromatic carbocycles. The maximum Gasteiger partial charge on any atom is 0.238 e. The number of anilines is 1. The Morgan fingerprint density at radius 3 is 2.71 bits per heavy atom. The van der Waals surface area contributed by atoms with Crippen molar-refractivity contribution in [3.05, 3.63) is 59.7 Å². The number of hydrogen-bond acceptors (Lipinski definition) is 4. The van der Waals surface area contributed by atoms with Crippen molar-refractivity contribution in [1.82, 2.24) is 15.1 Å². The number of morpholine rings is 1. The number of aromatic nitrogens is 2. The number of fused-ring (bicyclic) bond motifs is 3. The van der Waals surface area contributed by atoms with Crippen LogP contribution in [0.25, 0.3) is 22.5 Å². The maximum absolute atomic E-state index is 12.3. The number of H-pyrrole nitrogens is 1. The normalized spacial score (nSPS) is 15.9. The van der Waals surface area contributed by atoms with E-state index in [9.17, 15) is 4.79 Å². The minimum Gasteiger partial charge on any atom is -0.379 e. The summed E-state index contributed by atoms with van der Waals surface area (Å²) in [6.45, 7) is 3.40. The average molecular weight is 374 g/mol. The van der Waals surface area contributed by atoms with E-state index < -0.39 is 0 Å². The molecule has 0 bridgehead atoms. The zero-order chi connectivity index (χ0) is 18.9. The molecule has 1 aliphatic carbocycles. The summed E-state index contributed by atoms with van der Waals surface area (Å²) in [5, 5.41) is 10.7. The molecular formula is C22H22N4O2. The molecule has 3 aromatic rings. The zero-order valence-corrected chi connectivity index (χ0v) is 15.6. The summed E-state index contributed by atoms with van der Waals surface area (Å²) >= 11 is 0. The third-order valence-electron chi connectivity index (χ3n) is 5.43. The van der Waals surface area contributed by atoms with E-state index in [1.54, 1.807) is 0 Å². The largest absolute Gasteiger partial charge is 0.379 e. The van der Waals surface area contributed by atoms with Gasteiger partial charge in [0.2, 0.25) is 5.91 Å². The van der Waals surface area contributed by atoms with Crippen molar-refractivity contribution < 1.29 is 9.53 Å². The smallest absolute Gasteiger partial charge is 0.238 e. The van der Waals surface area contributed by atoms with Crippen LogP contribution >= 0.6 is 0 Å². The van der Waals surface area contributed by atoms with E-state index in [2.05, 4.69) is 44.7 Å². The van der Waals surface area contributed by atoms with Gasteiger partial charge in [0.05, 0.1) is 31.1 Å². The van der Waals surface area contributed by atoms with Gasteiger partial charge < -0.3 is 10.1 Å². The Kier molecular flexibility index (Phi) is 4.43. The van der Waals surface area contributed by atoms with Crippen molar-refractivity contribution in [3.8, 4) is 22.5 Å². The van der Waals surface area contributed by atoms with Crippen LogP contribution in [0, 0.1) is 0 Å². The lowest BCUT2D eigenvalue weighted by molar-refractivity contribution is -0.118. The van der Waals surface area contributed by atoms with Gasteiger partial charge in [-0.2, -0.15) is 5.10 Å². The van der Waals surface area contributed by atoms with E-state index in [-0.39, 0.29) is 5.91 Å². The molecule has 5 rings (SSSR count). The summed E-state index contributed by atoms with van der Waals surface area (Å²) in [5.74, 6) is 0.00533. The van der Waals surface area contributed by atoms with Gasteiger partial charge >= 0.3 is 0 Å². The van der Waals surface area contributed by atoms with Crippen LogP contribution in [0.15, 0.2) is 48.5 Å². The maximum atomic E-state index is 12.3. The molecule has 1 aromatic heterocycles. The number of benzene rings is 2. The van der Waals surface area contributed by atoms with Crippen LogP contribution in [0.1, 0.15) is 11.1 Å². The minimum absolute atomic E-state index is 0.00533. The fourth-order valence-corrected chi connectivity index (χ4v) is 3.98. The van der Waals surface area contributed by atoms with Gasteiger partial charge in [0.1, 0.15) is 0 Å². The fourth-order valence-electron chi connectivity index (χ4n) is 3.98. The summed E-state index contributed by atoms with van der Waals surface area (Å²) in [7, 11) is 0. The Balaban J connectivity index is 1.29. The van der Waals surface area contributed by atoms with Gasteiger partial charge in [-0.05, 0) is 17.7 Å². The molecule has 0 radical (unpaired) electrons. The van der Waals surface area contributed by atoms with Crippen LogP contribution in [-0.4, -0.2) is 53.9 Å². The lowest BCUT2D eigenvalue weighted by Crippen LogP contribution is -2.41. The average Bonchev–Trinajstić information content (AvgIpc) is 3.29. The molecular weight excluding hydrogens is 352 g/mol. The van der Waals surface area contributed by atoms with Gasteiger partial charge in [-0.25, -0.2) is 0 Å². The second kappa shape index (κ2) is 7.22. The summed E-state index contributed by atoms with van der Waals surface area (Å²) < 4.78 is 5.32. The molecule has 2 aliphatic rings. The first-order valence-electron chi connectivity index (χ1n) is 9.64. The summed E-state index contributed by atoms with van der Waals surface area (Å²) in [5.41, 5.74) is 7.77. The van der Waals surface area contributed by atoms with Crippen molar-refractivity contribution in [2.24, 2.45) is 0 Å². The number of ether oxygens (including phenoxy) is 1. The molecule has 6 heteroatoms. The molecule has 2 heterocycles. The molecule has 1 fully saturated rings. The molecule has 28 heavy (non-hydrogen) atoms. The van der Waals surface area contributed by atoms with Crippen LogP contribution < -0.4 is 5.32 Å². The number of nitrogens with zero attached hydrogens (tertiary/aromatic N) is 2. The predicted molar refractivity (Wildman–Crippen MR) is 108 cm³/mol. The molecule has 1 amide bonds. The second-order valence-electron chi connectivity index (χ2n) is 7.27. The Labute approximate surface area is 163 Å². The van der Waals surface area contributed by atoms with Crippen LogP contribution in [0.2, 0.25) is 0 Å². The number of nitrogens with one attached hydrogen (secondary N) is 2. The van der Waals surface area contributed by atoms with E-state index >= 15 is 0 Å². The molecule has 6 nitrogen and oxygen atoms in total. The first-order valence-corrected chi connectivity index (χ1v) is 9.64. The molecule has 0 spiro atoms. The first-order chi connectivity index (χ1) is 13.8. The van der Waals surface area contributed by atoms with Crippen molar-refractivity contribution >= 4 is 11.6 Å². The number of amides is 1. The van der Waals surface area contributed by atoms with Gasteiger partial charge in [0, 0.05) is 41.9 Å². The summed E-state index contributed by atoms with van der Waals surface area (Å²) in [6.07, 6.45) is 0.898. The molecule has 142 valence electrons. The minimum atomic E-state index is 0.00533. The lowest BCUT2D eigenvalue weighted by atomic mass is 10.1. The third-order valence-corrected chi connectivity index (χ3v) is 5.43. The molecule has 0 saturated carbocycles. The SMILES string of the molecule is O=C(CN1CCOCC1)Nc1ccc(-c2n[nH]c3c2Cc2ccccc2-3)cc1. The van der Waals surface area contributed by atoms with E-state index in [4.69, 9.17) is 4.74 Å². The highest BCUT2D eigenvalue weighted by Crippen LogP contribution is 2.39. The molecule has 0 unspecified atom stereocenters. The van der Waals surface area contributed by atoms with Crippen LogP contribution in [0.3, 0.4) is 0 Å². The van der Waals surface area contributed by atoms with Crippen molar-refractivity contribution in [2.45, 2.75) is 6.42 Å². The second-order valence-corrected chi connectivity index (χ2v) is 7.27. The topological polar surface area (TPSA) is 70.2 Å². The van der Waals surface area contributed by atoms with Crippen LogP contribution in [0.4, 0.5) is 5.69 Å². The van der Waals surface area contributed by atoms with Crippen LogP contribution in [-0.2, 0) is 16.0 Å². The van der Waals surface area contributed by atoms with Gasteiger partial charge in [0.15, 0.2) is 0 Å². The van der Waals surface area contributed by atoms with Crippen molar-refractivity contribution in [1.29, 1.82) is 0 Å². The van der Waals surface area contributed by atoms with Gasteiger partial charge in [-0.15, -0.1) is 0 Å². The molecule has 1 saturated heterocycles. The van der Waals surface area contributed by atoms with Gasteiger partial charge in [-0.1, -0.05) is 36.4 Å². The first kappa shape index (κ1) is 17.2. The van der Waals surface area contributed by atoms with E-state index in [1.807, 2.05) is 24.3 Å². The number of hydrogen-bond donors (Lipinski definition) is 2. The Morgan fingerprint density at radius 1 is 1.11 bits per heavy atom. The van der Waals surface area contributed by atoms with Crippen LogP contribution in [0.5, 0.6) is 0 Å². The highest BCUT2D eigenvalue weighted by Gasteiger charge is 2.24. The number of carbonyl (C=O) groups is 1. The molecule has 2 N–H and O–H groups in total. The zero-order valence-electron chi connectivity index (χ0n) is 15.6. The monoisotopic (exact) mass is 374 g/mol. The Hall–Kier alpha value is -2.96. The van der Waals surface area contributed by atoms with E-state index in [0.717, 1.165) is 42.1 Å². The standard InChI is InChI=1S/C22H22N4O2/c27-20(14-26-9-11-28-12-10-26)23-17-7-5-15(6-8-17)21-19-13-16-3-1-2-4-18(16)22(19)25-24-21/h1-8H,9-14H2,(H,23,27)(H,24,25). The highest BCUT2D eigenvalue weighted by atomic mass is 16.5. The third kappa shape index (κ3) is 3.21.